The molecule has 0 bridgehead atoms. The molecule has 1 aliphatic rings. The molecule has 1 fully saturated rings. The van der Waals surface area contributed by atoms with Crippen molar-refractivity contribution in [1.82, 2.24) is 10.4 Å². The second kappa shape index (κ2) is 8.29. The predicted octanol–water partition coefficient (Wildman–Crippen LogP) is 5.29. The van der Waals surface area contributed by atoms with Gasteiger partial charge < -0.3 is 0 Å². The van der Waals surface area contributed by atoms with Gasteiger partial charge in [-0.2, -0.15) is 11.3 Å². The Kier molecular flexibility index (Phi) is 5.78. The zero-order valence-electron chi connectivity index (χ0n) is 14.3. The third-order valence-electron chi connectivity index (χ3n) is 4.31. The summed E-state index contributed by atoms with van der Waals surface area (Å²) in [6.07, 6.45) is 0. The second-order valence-corrected chi connectivity index (χ2v) is 9.37. The molecule has 0 aliphatic carbocycles. The van der Waals surface area contributed by atoms with Gasteiger partial charge in [-0.25, -0.2) is 5.01 Å². The molecule has 1 aromatic heterocycles. The monoisotopic (exact) mass is 492 g/mol. The van der Waals surface area contributed by atoms with E-state index in [4.69, 9.17) is 11.6 Å². The first-order valence-corrected chi connectivity index (χ1v) is 11.4. The summed E-state index contributed by atoms with van der Waals surface area (Å²) >= 11 is 12.4. The molecule has 28 heavy (non-hydrogen) atoms. The van der Waals surface area contributed by atoms with Gasteiger partial charge in [0.2, 0.25) is 0 Å². The number of hydrogen-bond acceptors (Lipinski definition) is 4. The molecule has 0 saturated carbocycles. The molecule has 2 unspecified atom stereocenters. The predicted molar refractivity (Wildman–Crippen MR) is 116 cm³/mol. The third-order valence-corrected chi connectivity index (χ3v) is 7.25. The molecule has 0 radical (unpaired) electrons. The van der Waals surface area contributed by atoms with Crippen LogP contribution in [0.3, 0.4) is 0 Å². The van der Waals surface area contributed by atoms with Crippen molar-refractivity contribution in [1.29, 1.82) is 0 Å². The first-order chi connectivity index (χ1) is 13.5. The van der Waals surface area contributed by atoms with Gasteiger partial charge in [-0.15, -0.1) is 11.8 Å². The van der Waals surface area contributed by atoms with Crippen LogP contribution in [-0.4, -0.2) is 22.1 Å². The van der Waals surface area contributed by atoms with Crippen LogP contribution >= 0.6 is 50.6 Å². The van der Waals surface area contributed by atoms with Crippen LogP contribution in [-0.2, 0) is 9.59 Å². The fourth-order valence-electron chi connectivity index (χ4n) is 3.00. The summed E-state index contributed by atoms with van der Waals surface area (Å²) in [5, 5.41) is 5.02. The topological polar surface area (TPSA) is 49.4 Å². The molecule has 1 saturated heterocycles. The molecular formula is C20H14BrClN2O2S2. The van der Waals surface area contributed by atoms with Crippen LogP contribution in [0.15, 0.2) is 74.7 Å². The van der Waals surface area contributed by atoms with Crippen molar-refractivity contribution in [2.75, 3.05) is 0 Å². The van der Waals surface area contributed by atoms with Crippen LogP contribution in [0.5, 0.6) is 0 Å². The summed E-state index contributed by atoms with van der Waals surface area (Å²) in [4.78, 5) is 26.5. The second-order valence-electron chi connectivity index (χ2n) is 6.12. The van der Waals surface area contributed by atoms with E-state index >= 15 is 0 Å². The van der Waals surface area contributed by atoms with Gasteiger partial charge >= 0.3 is 0 Å². The third kappa shape index (κ3) is 3.85. The molecule has 8 heteroatoms. The zero-order chi connectivity index (χ0) is 19.7. The molecule has 0 spiro atoms. The molecule has 142 valence electrons. The number of halogens is 2. The number of hydrogen-bond donors (Lipinski definition) is 1. The largest absolute Gasteiger partial charge is 0.271 e. The smallest absolute Gasteiger partial charge is 0.265 e. The molecule has 4 nitrogen and oxygen atoms in total. The van der Waals surface area contributed by atoms with Crippen LogP contribution in [0.1, 0.15) is 17.2 Å². The van der Waals surface area contributed by atoms with Gasteiger partial charge in [0.05, 0.1) is 5.02 Å². The molecule has 1 N–H and O–H groups in total. The Labute approximate surface area is 184 Å². The Hall–Kier alpha value is -1.80. The van der Waals surface area contributed by atoms with Gasteiger partial charge in [0.15, 0.2) is 5.25 Å². The van der Waals surface area contributed by atoms with Gasteiger partial charge in [-0.3, -0.25) is 15.0 Å². The van der Waals surface area contributed by atoms with Gasteiger partial charge in [0.1, 0.15) is 6.04 Å². The van der Waals surface area contributed by atoms with Gasteiger partial charge in [-0.05, 0) is 52.2 Å². The van der Waals surface area contributed by atoms with E-state index in [2.05, 4.69) is 21.4 Å². The summed E-state index contributed by atoms with van der Waals surface area (Å²) < 4.78 is 0.948. The van der Waals surface area contributed by atoms with Crippen LogP contribution < -0.4 is 5.43 Å². The molecule has 2 heterocycles. The molecule has 1 aliphatic heterocycles. The minimum absolute atomic E-state index is 0.283. The van der Waals surface area contributed by atoms with E-state index in [0.717, 1.165) is 15.6 Å². The van der Waals surface area contributed by atoms with E-state index in [0.29, 0.717) is 9.92 Å². The fraction of sp³-hybridized carbons (Fsp3) is 0.100. The highest BCUT2D eigenvalue weighted by Gasteiger charge is 2.44. The standard InChI is InChI=1S/C20H14BrClN2O2S2/c21-14-7-5-12(6-8-14)17(13-9-10-27-11-13)24-20(26)18(19(25)23-24)28-16-4-2-1-3-15(16)22/h1-11,17-18H,(H,23,25). The lowest BCUT2D eigenvalue weighted by atomic mass is 10.0. The number of benzene rings is 2. The number of hydrazine groups is 1. The number of amides is 2. The summed E-state index contributed by atoms with van der Waals surface area (Å²) in [5.41, 5.74) is 4.63. The van der Waals surface area contributed by atoms with E-state index < -0.39 is 11.3 Å². The van der Waals surface area contributed by atoms with E-state index in [-0.39, 0.29) is 11.8 Å². The van der Waals surface area contributed by atoms with Crippen LogP contribution in [0.2, 0.25) is 5.02 Å². The fourth-order valence-corrected chi connectivity index (χ4v) is 5.18. The zero-order valence-corrected chi connectivity index (χ0v) is 18.3. The summed E-state index contributed by atoms with van der Waals surface area (Å²) in [6.45, 7) is 0. The van der Waals surface area contributed by atoms with Crippen LogP contribution in [0.25, 0.3) is 0 Å². The number of thiophene rings is 1. The van der Waals surface area contributed by atoms with Crippen LogP contribution in [0.4, 0.5) is 0 Å². The quantitative estimate of drug-likeness (QED) is 0.492. The lowest BCUT2D eigenvalue weighted by Crippen LogP contribution is -2.39. The normalized spacial score (nSPS) is 17.6. The first kappa shape index (κ1) is 19.5. The number of nitrogens with one attached hydrogen (secondary N) is 1. The van der Waals surface area contributed by atoms with Gasteiger partial charge in [-0.1, -0.05) is 51.8 Å². The van der Waals surface area contributed by atoms with Crippen molar-refractivity contribution in [3.05, 3.63) is 86.0 Å². The van der Waals surface area contributed by atoms with Crippen molar-refractivity contribution in [3.63, 3.8) is 0 Å². The highest BCUT2D eigenvalue weighted by Crippen LogP contribution is 2.37. The minimum atomic E-state index is -0.878. The van der Waals surface area contributed by atoms with E-state index in [1.807, 2.05) is 53.2 Å². The Balaban J connectivity index is 1.66. The maximum atomic E-state index is 13.2. The lowest BCUT2D eigenvalue weighted by molar-refractivity contribution is -0.131. The van der Waals surface area contributed by atoms with E-state index in [1.54, 1.807) is 23.5 Å². The first-order valence-electron chi connectivity index (χ1n) is 8.37. The molecule has 2 amide bonds. The highest BCUT2D eigenvalue weighted by atomic mass is 79.9. The molecule has 2 aromatic carbocycles. The van der Waals surface area contributed by atoms with Crippen molar-refractivity contribution >= 4 is 62.4 Å². The Morgan fingerprint density at radius 1 is 1.07 bits per heavy atom. The number of thioether (sulfide) groups is 1. The molecular weight excluding hydrogens is 480 g/mol. The molecule has 4 rings (SSSR count). The average Bonchev–Trinajstić information content (AvgIpc) is 3.30. The maximum Gasteiger partial charge on any atom is 0.265 e. The summed E-state index contributed by atoms with van der Waals surface area (Å²) in [5.74, 6) is -0.624. The maximum absolute atomic E-state index is 13.2. The average molecular weight is 494 g/mol. The number of carbonyl (C=O) groups is 2. The van der Waals surface area contributed by atoms with Crippen LogP contribution in [0, 0.1) is 0 Å². The van der Waals surface area contributed by atoms with Crippen molar-refractivity contribution in [2.45, 2.75) is 16.2 Å². The number of rotatable bonds is 5. The number of nitrogens with zero attached hydrogens (tertiary/aromatic N) is 1. The number of carbonyl (C=O) groups excluding carboxylic acids is 2. The van der Waals surface area contributed by atoms with Crippen molar-refractivity contribution in [3.8, 4) is 0 Å². The highest BCUT2D eigenvalue weighted by molar-refractivity contribution is 9.10. The van der Waals surface area contributed by atoms with Crippen molar-refractivity contribution < 1.29 is 9.59 Å². The van der Waals surface area contributed by atoms with E-state index in [9.17, 15) is 9.59 Å². The Morgan fingerprint density at radius 3 is 2.50 bits per heavy atom. The molecule has 2 atom stereocenters. The Morgan fingerprint density at radius 2 is 1.82 bits per heavy atom. The summed E-state index contributed by atoms with van der Waals surface area (Å²) in [7, 11) is 0. The molecule has 3 aromatic rings. The van der Waals surface area contributed by atoms with Gasteiger partial charge in [0.25, 0.3) is 11.8 Å². The van der Waals surface area contributed by atoms with E-state index in [1.165, 1.54) is 16.8 Å². The van der Waals surface area contributed by atoms with Gasteiger partial charge in [0, 0.05) is 9.37 Å². The Bertz CT molecular complexity index is 1010. The van der Waals surface area contributed by atoms with Crippen molar-refractivity contribution in [2.24, 2.45) is 0 Å². The SMILES string of the molecule is O=C1NN(C(c2ccc(Br)cc2)c2ccsc2)C(=O)C1Sc1ccccc1Cl. The lowest BCUT2D eigenvalue weighted by Gasteiger charge is -2.27. The minimum Gasteiger partial charge on any atom is -0.271 e. The summed E-state index contributed by atoms with van der Waals surface area (Å²) in [6, 6.07) is 16.5.